The van der Waals surface area contributed by atoms with Crippen LogP contribution in [0.15, 0.2) is 133 Å². The van der Waals surface area contributed by atoms with Crippen LogP contribution in [0.25, 0.3) is 0 Å². The number of nitrogens with zero attached hydrogens (tertiary/aromatic N) is 3. The number of hydrogen-bond donors (Lipinski definition) is 1. The molecule has 0 bridgehead atoms. The number of carbonyl (C=O) groups is 3. The fourth-order valence-electron chi connectivity index (χ4n) is 8.95. The molecule has 3 amide bonds. The third-order valence-corrected chi connectivity index (χ3v) is 16.1. The van der Waals surface area contributed by atoms with Gasteiger partial charge in [0.2, 0.25) is 12.3 Å². The van der Waals surface area contributed by atoms with Crippen LogP contribution < -0.4 is 19.7 Å². The molecule has 2 heterocycles. The van der Waals surface area contributed by atoms with Gasteiger partial charge in [-0.3, -0.25) is 19.3 Å². The van der Waals surface area contributed by atoms with E-state index in [0.29, 0.717) is 13.1 Å². The molecule has 5 aromatic rings. The van der Waals surface area contributed by atoms with Crippen LogP contribution in [0.3, 0.4) is 0 Å². The topological polar surface area (TPSA) is 99.6 Å². The van der Waals surface area contributed by atoms with Crippen LogP contribution in [0, 0.1) is 5.92 Å². The van der Waals surface area contributed by atoms with Gasteiger partial charge in [-0.05, 0) is 59.1 Å². The Morgan fingerprint density at radius 2 is 1.48 bits per heavy atom. The van der Waals surface area contributed by atoms with Gasteiger partial charge in [0.15, 0.2) is 5.60 Å². The predicted molar refractivity (Wildman–Crippen MR) is 222 cm³/mol. The van der Waals surface area contributed by atoms with Crippen LogP contribution in [0.4, 0.5) is 17.1 Å². The van der Waals surface area contributed by atoms with Gasteiger partial charge in [0.05, 0.1) is 46.5 Å². The standard InChI is InChI=1S/C46H49N3O6Si/c1-33-44(56(3,4)39-25-23-38(54-2)24-26-39)42(29-43(52)47(27-28-50)30-34-13-7-5-8-14-34)55-46(33)40-17-11-12-18-41(40)48(45(46)53)31-35-19-21-37(22-20-35)49(32-51)36-15-9-6-10-16-36/h5-26,32-33,42,44,50H,27-31H2,1-4H3/t33-,42+,44-,46+/m1/s1. The van der Waals surface area contributed by atoms with E-state index in [9.17, 15) is 14.7 Å². The van der Waals surface area contributed by atoms with E-state index in [1.165, 1.54) is 5.19 Å². The number of hydrogen-bond acceptors (Lipinski definition) is 6. The number of aliphatic hydroxyl groups is 1. The number of aliphatic hydroxyl groups excluding tert-OH is 1. The molecule has 0 saturated carbocycles. The number of carbonyl (C=O) groups excluding carboxylic acids is 3. The van der Waals surface area contributed by atoms with Crippen LogP contribution in [0.1, 0.15) is 30.0 Å². The number of methoxy groups -OCH3 is 1. The lowest BCUT2D eigenvalue weighted by Gasteiger charge is -2.37. The van der Waals surface area contributed by atoms with E-state index in [4.69, 9.17) is 9.47 Å². The Morgan fingerprint density at radius 3 is 2.12 bits per heavy atom. The average Bonchev–Trinajstić information content (AvgIpc) is 3.65. The van der Waals surface area contributed by atoms with Gasteiger partial charge in [-0.15, -0.1) is 0 Å². The number of para-hydroxylation sites is 2. The Hall–Kier alpha value is -5.55. The van der Waals surface area contributed by atoms with Crippen molar-refractivity contribution in [1.29, 1.82) is 0 Å². The number of amides is 3. The van der Waals surface area contributed by atoms with Crippen molar-refractivity contribution in [3.05, 3.63) is 150 Å². The van der Waals surface area contributed by atoms with E-state index in [2.05, 4.69) is 32.2 Å². The van der Waals surface area contributed by atoms with Gasteiger partial charge in [-0.25, -0.2) is 0 Å². The summed E-state index contributed by atoms with van der Waals surface area (Å²) in [5.74, 6) is 0.209. The lowest BCUT2D eigenvalue weighted by Crippen LogP contribution is -2.52. The molecule has 9 nitrogen and oxygen atoms in total. The number of ether oxygens (including phenoxy) is 2. The summed E-state index contributed by atoms with van der Waals surface area (Å²) in [5, 5.41) is 11.2. The highest BCUT2D eigenvalue weighted by Gasteiger charge is 2.66. The van der Waals surface area contributed by atoms with Crippen molar-refractivity contribution in [2.24, 2.45) is 5.92 Å². The molecule has 288 valence electrons. The molecular formula is C46H49N3O6Si. The quantitative estimate of drug-likeness (QED) is 0.0952. The minimum Gasteiger partial charge on any atom is -0.497 e. The lowest BCUT2D eigenvalue weighted by molar-refractivity contribution is -0.150. The molecule has 0 aliphatic carbocycles. The molecule has 2 aliphatic rings. The smallest absolute Gasteiger partial charge is 0.264 e. The Morgan fingerprint density at radius 1 is 0.857 bits per heavy atom. The van der Waals surface area contributed by atoms with Crippen molar-refractivity contribution >= 4 is 48.5 Å². The molecule has 0 radical (unpaired) electrons. The highest BCUT2D eigenvalue weighted by molar-refractivity contribution is 6.91. The van der Waals surface area contributed by atoms with Crippen LogP contribution in [0.5, 0.6) is 5.75 Å². The van der Waals surface area contributed by atoms with Crippen LogP contribution >= 0.6 is 0 Å². The molecule has 1 spiro atoms. The van der Waals surface area contributed by atoms with E-state index in [1.807, 2.05) is 126 Å². The van der Waals surface area contributed by atoms with Crippen molar-refractivity contribution in [3.63, 3.8) is 0 Å². The van der Waals surface area contributed by atoms with Gasteiger partial charge < -0.3 is 24.4 Å². The number of anilines is 3. The number of fused-ring (bicyclic) bond motifs is 2. The summed E-state index contributed by atoms with van der Waals surface area (Å²) in [6, 6.07) is 42.9. The van der Waals surface area contributed by atoms with Crippen LogP contribution in [0.2, 0.25) is 18.6 Å². The molecule has 1 saturated heterocycles. The minimum atomic E-state index is -2.50. The van der Waals surface area contributed by atoms with E-state index < -0.39 is 19.8 Å². The normalized spacial score (nSPS) is 20.2. The summed E-state index contributed by atoms with van der Waals surface area (Å²) < 4.78 is 12.7. The molecule has 0 unspecified atom stereocenters. The first kappa shape index (κ1) is 38.7. The first-order valence-electron chi connectivity index (χ1n) is 19.2. The summed E-state index contributed by atoms with van der Waals surface area (Å²) in [7, 11) is -0.846. The van der Waals surface area contributed by atoms with Gasteiger partial charge >= 0.3 is 0 Å². The van der Waals surface area contributed by atoms with Crippen molar-refractivity contribution in [1.82, 2.24) is 4.90 Å². The molecule has 7 rings (SSSR count). The first-order valence-corrected chi connectivity index (χ1v) is 22.2. The fraction of sp³-hybridized carbons (Fsp3) is 0.283. The predicted octanol–water partition coefficient (Wildman–Crippen LogP) is 7.16. The zero-order chi connectivity index (χ0) is 39.5. The molecule has 2 aliphatic heterocycles. The summed E-state index contributed by atoms with van der Waals surface area (Å²) in [4.78, 5) is 46.8. The van der Waals surface area contributed by atoms with Crippen molar-refractivity contribution < 1.29 is 29.0 Å². The number of benzene rings is 5. The summed E-state index contributed by atoms with van der Waals surface area (Å²) in [5.41, 5.74) is 3.50. The SMILES string of the molecule is COc1ccc([Si](C)(C)[C@H]2[C@H](CC(=O)N(CCO)Cc3ccccc3)O[C@@]3(C(=O)N(Cc4ccc(N(C=O)c5ccccc5)cc4)c4ccccc43)[C@@H]2C)cc1. The minimum absolute atomic E-state index is 0.0712. The maximum absolute atomic E-state index is 15.2. The highest BCUT2D eigenvalue weighted by Crippen LogP contribution is 2.60. The van der Waals surface area contributed by atoms with E-state index >= 15 is 4.79 Å². The monoisotopic (exact) mass is 767 g/mol. The Labute approximate surface area is 330 Å². The van der Waals surface area contributed by atoms with Gasteiger partial charge in [-0.1, -0.05) is 116 Å². The van der Waals surface area contributed by atoms with Crippen LogP contribution in [-0.2, 0) is 37.8 Å². The fourth-order valence-corrected chi connectivity index (χ4v) is 13.0. The van der Waals surface area contributed by atoms with E-state index in [1.54, 1.807) is 16.9 Å². The van der Waals surface area contributed by atoms with Gasteiger partial charge in [0.1, 0.15) is 5.75 Å². The van der Waals surface area contributed by atoms with Crippen molar-refractivity contribution in [3.8, 4) is 5.75 Å². The number of rotatable bonds is 14. The average molecular weight is 768 g/mol. The summed E-state index contributed by atoms with van der Waals surface area (Å²) >= 11 is 0. The van der Waals surface area contributed by atoms with E-state index in [0.717, 1.165) is 45.9 Å². The summed E-state index contributed by atoms with van der Waals surface area (Å²) in [6.07, 6.45) is 0.301. The third-order valence-electron chi connectivity index (χ3n) is 11.8. The Bertz CT molecular complexity index is 2150. The second-order valence-corrected chi connectivity index (χ2v) is 20.0. The van der Waals surface area contributed by atoms with Crippen LogP contribution in [-0.4, -0.2) is 62.7 Å². The van der Waals surface area contributed by atoms with Crippen molar-refractivity contribution in [2.75, 3.05) is 30.1 Å². The lowest BCUT2D eigenvalue weighted by atomic mass is 9.82. The third kappa shape index (κ3) is 7.16. The van der Waals surface area contributed by atoms with Gasteiger partial charge in [0, 0.05) is 35.9 Å². The maximum Gasteiger partial charge on any atom is 0.264 e. The molecule has 1 fully saturated rings. The van der Waals surface area contributed by atoms with Crippen molar-refractivity contribution in [2.45, 2.75) is 56.8 Å². The molecule has 5 aromatic carbocycles. The Balaban J connectivity index is 1.23. The Kier molecular flexibility index (Phi) is 11.2. The first-order chi connectivity index (χ1) is 27.1. The molecule has 0 aromatic heterocycles. The second-order valence-electron chi connectivity index (χ2n) is 15.3. The zero-order valence-corrected chi connectivity index (χ0v) is 33.4. The van der Waals surface area contributed by atoms with Gasteiger partial charge in [0.25, 0.3) is 5.91 Å². The second kappa shape index (κ2) is 16.3. The maximum atomic E-state index is 15.2. The molecule has 56 heavy (non-hydrogen) atoms. The molecular weight excluding hydrogens is 719 g/mol. The highest BCUT2D eigenvalue weighted by atomic mass is 28.3. The van der Waals surface area contributed by atoms with E-state index in [-0.39, 0.29) is 42.8 Å². The molecule has 10 heteroatoms. The summed E-state index contributed by atoms with van der Waals surface area (Å²) in [6.45, 7) is 7.41. The van der Waals surface area contributed by atoms with Gasteiger partial charge in [-0.2, -0.15) is 0 Å². The zero-order valence-electron chi connectivity index (χ0n) is 32.4. The largest absolute Gasteiger partial charge is 0.497 e. The molecule has 4 atom stereocenters. The molecule has 1 N–H and O–H groups in total.